The minimum Gasteiger partial charge on any atom is -0.341 e. The Morgan fingerprint density at radius 1 is 1.06 bits per heavy atom. The normalized spacial score (nSPS) is 12.8. The van der Waals surface area contributed by atoms with Crippen LogP contribution in [0.1, 0.15) is 34.1 Å². The van der Waals surface area contributed by atoms with E-state index in [1.54, 1.807) is 42.5 Å². The highest BCUT2D eigenvalue weighted by atomic mass is 16.2. The van der Waals surface area contributed by atoms with Crippen LogP contribution in [0.15, 0.2) is 54.9 Å². The van der Waals surface area contributed by atoms with Crippen LogP contribution in [0.5, 0.6) is 0 Å². The van der Waals surface area contributed by atoms with Gasteiger partial charge in [-0.1, -0.05) is 18.2 Å². The maximum absolute atomic E-state index is 12.9. The van der Waals surface area contributed by atoms with Crippen molar-refractivity contribution in [2.75, 3.05) is 23.8 Å². The molecule has 0 aliphatic carbocycles. The van der Waals surface area contributed by atoms with Gasteiger partial charge in [-0.3, -0.25) is 14.5 Å². The Bertz CT molecular complexity index is 1170. The minimum atomic E-state index is -0.261. The van der Waals surface area contributed by atoms with Crippen LogP contribution in [0.25, 0.3) is 11.1 Å². The Hall–Kier alpha value is -3.94. The molecule has 8 heteroatoms. The molecule has 0 radical (unpaired) electrons. The van der Waals surface area contributed by atoms with Crippen LogP contribution >= 0.6 is 0 Å². The van der Waals surface area contributed by atoms with Crippen LogP contribution in [0.2, 0.25) is 0 Å². The number of fused-ring (bicyclic) bond motifs is 1. The number of rotatable bonds is 3. The second-order valence-electron chi connectivity index (χ2n) is 7.38. The number of hydrogen-bond acceptors (Lipinski definition) is 4. The van der Waals surface area contributed by atoms with Gasteiger partial charge in [0.05, 0.1) is 11.9 Å². The highest BCUT2D eigenvalue weighted by molar-refractivity contribution is 6.05. The maximum atomic E-state index is 12.9. The molecule has 4 rings (SSSR count). The average molecular weight is 417 g/mol. The van der Waals surface area contributed by atoms with Crippen LogP contribution in [-0.2, 0) is 6.42 Å². The number of carbonyl (C=O) groups excluding carboxylic acids is 3. The van der Waals surface area contributed by atoms with Gasteiger partial charge >= 0.3 is 6.03 Å². The molecule has 31 heavy (non-hydrogen) atoms. The van der Waals surface area contributed by atoms with E-state index in [1.165, 1.54) is 11.6 Å². The number of benzene rings is 2. The van der Waals surface area contributed by atoms with Gasteiger partial charge in [0.25, 0.3) is 5.91 Å². The van der Waals surface area contributed by atoms with Crippen molar-refractivity contribution in [1.29, 1.82) is 0 Å². The fourth-order valence-corrected chi connectivity index (χ4v) is 3.69. The van der Waals surface area contributed by atoms with E-state index in [0.717, 1.165) is 35.2 Å². The number of aryl methyl sites for hydroxylation is 1. The molecule has 1 aliphatic rings. The topological polar surface area (TPSA) is 96.3 Å². The van der Waals surface area contributed by atoms with Crippen molar-refractivity contribution >= 4 is 29.2 Å². The van der Waals surface area contributed by atoms with Crippen LogP contribution in [0.4, 0.5) is 16.2 Å². The molecule has 0 unspecified atom stereocenters. The molecule has 158 valence electrons. The molecule has 1 aliphatic heterocycles. The van der Waals surface area contributed by atoms with Crippen LogP contribution in [0, 0.1) is 0 Å². The van der Waals surface area contributed by atoms with Crippen molar-refractivity contribution in [2.45, 2.75) is 19.8 Å². The lowest BCUT2D eigenvalue weighted by molar-refractivity contribution is 0.0920. The van der Waals surface area contributed by atoms with E-state index in [9.17, 15) is 14.4 Å². The molecule has 0 spiro atoms. The third kappa shape index (κ3) is 4.18. The SMILES string of the molecule is CNC(=O)N1CCCc2ccc(NC(=O)c3cccc(-c4cnn(C(C)=O)c4)c3)cc21. The standard InChI is InChI=1S/C23H23N5O3/c1-15(29)28-14-19(13-25-28)17-5-3-6-18(11-17)22(30)26-20-9-8-16-7-4-10-27(21(16)12-20)23(31)24-2/h3,5-6,8-9,11-14H,4,7,10H2,1-2H3,(H,24,31)(H,26,30). The summed E-state index contributed by atoms with van der Waals surface area (Å²) in [7, 11) is 1.61. The molecule has 2 N–H and O–H groups in total. The van der Waals surface area contributed by atoms with Gasteiger partial charge in [0.2, 0.25) is 5.91 Å². The van der Waals surface area contributed by atoms with E-state index in [-0.39, 0.29) is 17.8 Å². The summed E-state index contributed by atoms with van der Waals surface area (Å²) in [4.78, 5) is 38.2. The van der Waals surface area contributed by atoms with Crippen molar-refractivity contribution in [2.24, 2.45) is 0 Å². The van der Waals surface area contributed by atoms with E-state index in [0.29, 0.717) is 17.8 Å². The van der Waals surface area contributed by atoms with E-state index in [4.69, 9.17) is 0 Å². The molecule has 0 saturated carbocycles. The molecule has 1 aromatic heterocycles. The van der Waals surface area contributed by atoms with E-state index < -0.39 is 0 Å². The van der Waals surface area contributed by atoms with Gasteiger partial charge in [-0.05, 0) is 48.2 Å². The Labute approximate surface area is 179 Å². The van der Waals surface area contributed by atoms with Crippen molar-refractivity contribution in [3.63, 3.8) is 0 Å². The van der Waals surface area contributed by atoms with Gasteiger partial charge in [0, 0.05) is 43.5 Å². The zero-order valence-corrected chi connectivity index (χ0v) is 17.4. The van der Waals surface area contributed by atoms with Gasteiger partial charge in [-0.25, -0.2) is 9.48 Å². The van der Waals surface area contributed by atoms with Crippen molar-refractivity contribution < 1.29 is 14.4 Å². The van der Waals surface area contributed by atoms with E-state index in [2.05, 4.69) is 15.7 Å². The molecule has 3 aromatic rings. The highest BCUT2D eigenvalue weighted by Crippen LogP contribution is 2.30. The molecule has 0 atom stereocenters. The third-order valence-corrected chi connectivity index (χ3v) is 5.28. The summed E-state index contributed by atoms with van der Waals surface area (Å²) in [6.07, 6.45) is 5.03. The van der Waals surface area contributed by atoms with Gasteiger partial charge in [-0.2, -0.15) is 5.10 Å². The quantitative estimate of drug-likeness (QED) is 0.681. The Kier molecular flexibility index (Phi) is 5.53. The van der Waals surface area contributed by atoms with E-state index in [1.807, 2.05) is 24.3 Å². The Morgan fingerprint density at radius 2 is 1.90 bits per heavy atom. The lowest BCUT2D eigenvalue weighted by Gasteiger charge is -2.29. The number of nitrogens with one attached hydrogen (secondary N) is 2. The predicted octanol–water partition coefficient (Wildman–Crippen LogP) is 3.55. The predicted molar refractivity (Wildman–Crippen MR) is 118 cm³/mol. The summed E-state index contributed by atoms with van der Waals surface area (Å²) in [5.41, 5.74) is 4.53. The van der Waals surface area contributed by atoms with Crippen LogP contribution in [-0.4, -0.2) is 41.2 Å². The molecule has 2 aromatic carbocycles. The summed E-state index contributed by atoms with van der Waals surface area (Å²) in [6, 6.07) is 12.6. The smallest absolute Gasteiger partial charge is 0.321 e. The molecule has 0 bridgehead atoms. The van der Waals surface area contributed by atoms with Gasteiger partial charge in [-0.15, -0.1) is 0 Å². The Morgan fingerprint density at radius 3 is 2.65 bits per heavy atom. The van der Waals surface area contributed by atoms with Crippen molar-refractivity contribution in [3.05, 3.63) is 66.0 Å². The first kappa shape index (κ1) is 20.3. The fraction of sp³-hybridized carbons (Fsp3) is 0.217. The number of urea groups is 1. The van der Waals surface area contributed by atoms with Gasteiger partial charge in [0.1, 0.15) is 0 Å². The second-order valence-corrected chi connectivity index (χ2v) is 7.38. The number of carbonyl (C=O) groups is 3. The maximum Gasteiger partial charge on any atom is 0.321 e. The summed E-state index contributed by atoms with van der Waals surface area (Å²) < 4.78 is 1.26. The van der Waals surface area contributed by atoms with Gasteiger partial charge in [0.15, 0.2) is 0 Å². The second kappa shape index (κ2) is 8.43. The zero-order chi connectivity index (χ0) is 22.0. The van der Waals surface area contributed by atoms with E-state index >= 15 is 0 Å². The molecule has 0 fully saturated rings. The van der Waals surface area contributed by atoms with Gasteiger partial charge < -0.3 is 10.6 Å². The molecule has 0 saturated heterocycles. The lowest BCUT2D eigenvalue weighted by Crippen LogP contribution is -2.41. The first-order chi connectivity index (χ1) is 15.0. The summed E-state index contributed by atoms with van der Waals surface area (Å²) in [6.45, 7) is 2.07. The fourth-order valence-electron chi connectivity index (χ4n) is 3.69. The molecular weight excluding hydrogens is 394 g/mol. The largest absolute Gasteiger partial charge is 0.341 e. The number of nitrogens with zero attached hydrogens (tertiary/aromatic N) is 3. The average Bonchev–Trinajstić information content (AvgIpc) is 3.29. The number of anilines is 2. The summed E-state index contributed by atoms with van der Waals surface area (Å²) in [5, 5.41) is 9.61. The number of aromatic nitrogens is 2. The number of hydrogen-bond donors (Lipinski definition) is 2. The minimum absolute atomic E-state index is 0.164. The number of amides is 3. The molecule has 3 amide bonds. The Balaban J connectivity index is 1.56. The molecule has 2 heterocycles. The highest BCUT2D eigenvalue weighted by Gasteiger charge is 2.22. The monoisotopic (exact) mass is 417 g/mol. The summed E-state index contributed by atoms with van der Waals surface area (Å²) >= 11 is 0. The van der Waals surface area contributed by atoms with Crippen molar-refractivity contribution in [1.82, 2.24) is 15.1 Å². The first-order valence-corrected chi connectivity index (χ1v) is 10.1. The lowest BCUT2D eigenvalue weighted by atomic mass is 10.0. The molecule has 8 nitrogen and oxygen atoms in total. The first-order valence-electron chi connectivity index (χ1n) is 10.1. The third-order valence-electron chi connectivity index (χ3n) is 5.28. The van der Waals surface area contributed by atoms with Crippen LogP contribution < -0.4 is 15.5 Å². The van der Waals surface area contributed by atoms with Crippen LogP contribution in [0.3, 0.4) is 0 Å². The van der Waals surface area contributed by atoms with Crippen molar-refractivity contribution in [3.8, 4) is 11.1 Å². The molecular formula is C23H23N5O3. The summed E-state index contributed by atoms with van der Waals surface area (Å²) in [5.74, 6) is -0.443. The zero-order valence-electron chi connectivity index (χ0n) is 17.4.